The molecule has 0 bridgehead atoms. The lowest BCUT2D eigenvalue weighted by atomic mass is 10.1. The number of H-pyrrole nitrogens is 1. The van der Waals surface area contributed by atoms with Crippen LogP contribution in [0.1, 0.15) is 5.56 Å². The van der Waals surface area contributed by atoms with Crippen LogP contribution in [0.4, 0.5) is 17.6 Å². The van der Waals surface area contributed by atoms with Crippen molar-refractivity contribution < 1.29 is 17.6 Å². The molecule has 6 nitrogen and oxygen atoms in total. The molecular weight excluding hydrogens is 444 g/mol. The van der Waals surface area contributed by atoms with Crippen LogP contribution in [0.25, 0.3) is 16.0 Å². The summed E-state index contributed by atoms with van der Waals surface area (Å²) in [7, 11) is 0. The Morgan fingerprint density at radius 1 is 1.07 bits per heavy atom. The molecule has 0 atom stereocenters. The number of halogens is 4. The van der Waals surface area contributed by atoms with Crippen LogP contribution in [0.15, 0.2) is 44.7 Å². The number of thioether (sulfide) groups is 1. The summed E-state index contributed by atoms with van der Waals surface area (Å²) in [6.07, 6.45) is 0.901. The standard InChI is InChI=1S/C18H10F4N4O2S2/c19-8-3-10(20)9(11(21)4-8)1-2-29-18-25-16-15(30-7-24-16)17(28)26(18)13-6-23-14(27)5-12(13)22/h3-7H,1-2H2,(H,23,27). The molecule has 0 fully saturated rings. The number of aromatic nitrogens is 4. The number of benzene rings is 1. The van der Waals surface area contributed by atoms with E-state index in [0.29, 0.717) is 18.2 Å². The molecule has 0 aliphatic carbocycles. The second-order valence-electron chi connectivity index (χ2n) is 6.02. The minimum absolute atomic E-state index is 0.0206. The van der Waals surface area contributed by atoms with Crippen LogP contribution >= 0.6 is 23.1 Å². The van der Waals surface area contributed by atoms with Crippen LogP contribution in [0, 0.1) is 23.3 Å². The highest BCUT2D eigenvalue weighted by atomic mass is 32.2. The number of fused-ring (bicyclic) bond motifs is 1. The Morgan fingerprint density at radius 3 is 2.50 bits per heavy atom. The van der Waals surface area contributed by atoms with Gasteiger partial charge in [0.2, 0.25) is 0 Å². The van der Waals surface area contributed by atoms with Crippen molar-refractivity contribution >= 4 is 33.4 Å². The first-order chi connectivity index (χ1) is 14.3. The maximum Gasteiger partial charge on any atom is 0.278 e. The van der Waals surface area contributed by atoms with Gasteiger partial charge in [-0.3, -0.25) is 9.59 Å². The summed E-state index contributed by atoms with van der Waals surface area (Å²) in [5.41, 5.74) is -0.285. The topological polar surface area (TPSA) is 80.6 Å². The van der Waals surface area contributed by atoms with Crippen molar-refractivity contribution in [1.82, 2.24) is 19.5 Å². The van der Waals surface area contributed by atoms with Crippen molar-refractivity contribution in [3.05, 3.63) is 79.4 Å². The van der Waals surface area contributed by atoms with Gasteiger partial charge in [-0.05, 0) is 6.42 Å². The Kier molecular flexibility index (Phi) is 5.43. The fraction of sp³-hybridized carbons (Fsp3) is 0.111. The Labute approximate surface area is 173 Å². The van der Waals surface area contributed by atoms with E-state index in [1.807, 2.05) is 0 Å². The number of rotatable bonds is 5. The molecule has 0 spiro atoms. The lowest BCUT2D eigenvalue weighted by Crippen LogP contribution is -2.23. The number of hydrogen-bond donors (Lipinski definition) is 1. The van der Waals surface area contributed by atoms with E-state index in [2.05, 4.69) is 15.0 Å². The van der Waals surface area contributed by atoms with E-state index < -0.39 is 34.4 Å². The van der Waals surface area contributed by atoms with E-state index in [-0.39, 0.29) is 38.9 Å². The highest BCUT2D eigenvalue weighted by Crippen LogP contribution is 2.25. The number of nitrogens with one attached hydrogen (secondary N) is 1. The summed E-state index contributed by atoms with van der Waals surface area (Å²) < 4.78 is 56.3. The van der Waals surface area contributed by atoms with E-state index >= 15 is 0 Å². The molecule has 12 heteroatoms. The molecule has 0 amide bonds. The summed E-state index contributed by atoms with van der Waals surface area (Å²) in [6, 6.07) is 1.85. The van der Waals surface area contributed by atoms with Crippen LogP contribution in [-0.2, 0) is 6.42 Å². The summed E-state index contributed by atoms with van der Waals surface area (Å²) in [5, 5.41) is 0.0206. The predicted octanol–water partition coefficient (Wildman–Crippen LogP) is 3.42. The van der Waals surface area contributed by atoms with Crippen LogP contribution in [-0.4, -0.2) is 25.3 Å². The van der Waals surface area contributed by atoms with Gasteiger partial charge in [-0.15, -0.1) is 11.3 Å². The molecule has 0 aliphatic heterocycles. The van der Waals surface area contributed by atoms with Crippen molar-refractivity contribution in [3.8, 4) is 5.69 Å². The summed E-state index contributed by atoms with van der Waals surface area (Å²) in [6.45, 7) is 0. The third kappa shape index (κ3) is 3.75. The molecule has 1 aromatic carbocycles. The minimum atomic E-state index is -1.03. The fourth-order valence-electron chi connectivity index (χ4n) is 2.77. The van der Waals surface area contributed by atoms with Crippen molar-refractivity contribution in [3.63, 3.8) is 0 Å². The maximum atomic E-state index is 14.4. The van der Waals surface area contributed by atoms with Crippen LogP contribution in [0.5, 0.6) is 0 Å². The average molecular weight is 454 g/mol. The number of thiazole rings is 1. The molecular formula is C18H10F4N4O2S2. The molecule has 0 unspecified atom stereocenters. The Morgan fingerprint density at radius 2 is 1.80 bits per heavy atom. The van der Waals surface area contributed by atoms with Gasteiger partial charge in [0.05, 0.1) is 5.51 Å². The molecule has 1 N–H and O–H groups in total. The quantitative estimate of drug-likeness (QED) is 0.284. The summed E-state index contributed by atoms with van der Waals surface area (Å²) >= 11 is 1.96. The molecule has 0 radical (unpaired) electrons. The number of aromatic amines is 1. The van der Waals surface area contributed by atoms with Gasteiger partial charge < -0.3 is 4.98 Å². The van der Waals surface area contributed by atoms with E-state index in [0.717, 1.165) is 33.9 Å². The van der Waals surface area contributed by atoms with E-state index in [1.54, 1.807) is 0 Å². The molecule has 4 rings (SSSR count). The summed E-state index contributed by atoms with van der Waals surface area (Å²) in [4.78, 5) is 34.7. The molecule has 154 valence electrons. The first-order valence-electron chi connectivity index (χ1n) is 8.36. The average Bonchev–Trinajstić information content (AvgIpc) is 3.14. The van der Waals surface area contributed by atoms with Crippen LogP contribution in [0.3, 0.4) is 0 Å². The molecule has 3 heterocycles. The highest BCUT2D eigenvalue weighted by molar-refractivity contribution is 7.99. The minimum Gasteiger partial charge on any atom is -0.327 e. The zero-order chi connectivity index (χ0) is 21.4. The van der Waals surface area contributed by atoms with E-state index in [4.69, 9.17) is 0 Å². The van der Waals surface area contributed by atoms with Gasteiger partial charge in [0.15, 0.2) is 16.6 Å². The third-order valence-corrected chi connectivity index (χ3v) is 5.87. The smallest absolute Gasteiger partial charge is 0.278 e. The summed E-state index contributed by atoms with van der Waals surface area (Å²) in [5.74, 6) is -3.98. The molecule has 3 aromatic heterocycles. The second-order valence-corrected chi connectivity index (χ2v) is 7.93. The molecule has 0 aliphatic rings. The largest absolute Gasteiger partial charge is 0.327 e. The van der Waals surface area contributed by atoms with Crippen molar-refractivity contribution in [2.75, 3.05) is 5.75 Å². The van der Waals surface area contributed by atoms with E-state index in [9.17, 15) is 27.2 Å². The first-order valence-corrected chi connectivity index (χ1v) is 10.2. The van der Waals surface area contributed by atoms with Gasteiger partial charge in [-0.25, -0.2) is 32.1 Å². The highest BCUT2D eigenvalue weighted by Gasteiger charge is 2.19. The lowest BCUT2D eigenvalue weighted by molar-refractivity contribution is 0.526. The second kappa shape index (κ2) is 8.03. The van der Waals surface area contributed by atoms with Crippen LogP contribution in [0.2, 0.25) is 0 Å². The Bertz CT molecular complexity index is 1360. The van der Waals surface area contributed by atoms with Gasteiger partial charge in [-0.2, -0.15) is 0 Å². The zero-order valence-corrected chi connectivity index (χ0v) is 16.4. The Balaban J connectivity index is 1.73. The zero-order valence-electron chi connectivity index (χ0n) is 14.8. The Hall–Kier alpha value is -2.99. The normalized spacial score (nSPS) is 11.3. The van der Waals surface area contributed by atoms with Crippen molar-refractivity contribution in [2.45, 2.75) is 11.6 Å². The first kappa shape index (κ1) is 20.3. The van der Waals surface area contributed by atoms with Gasteiger partial charge in [0, 0.05) is 35.7 Å². The molecule has 4 aromatic rings. The van der Waals surface area contributed by atoms with Gasteiger partial charge >= 0.3 is 0 Å². The van der Waals surface area contributed by atoms with Crippen molar-refractivity contribution in [2.24, 2.45) is 0 Å². The van der Waals surface area contributed by atoms with Crippen LogP contribution < -0.4 is 11.1 Å². The van der Waals surface area contributed by atoms with Gasteiger partial charge in [-0.1, -0.05) is 11.8 Å². The lowest BCUT2D eigenvalue weighted by Gasteiger charge is -2.12. The predicted molar refractivity (Wildman–Crippen MR) is 104 cm³/mol. The number of pyridine rings is 1. The van der Waals surface area contributed by atoms with Crippen molar-refractivity contribution in [1.29, 1.82) is 0 Å². The van der Waals surface area contributed by atoms with Gasteiger partial charge in [0.25, 0.3) is 11.1 Å². The molecule has 30 heavy (non-hydrogen) atoms. The van der Waals surface area contributed by atoms with Gasteiger partial charge in [0.1, 0.15) is 27.8 Å². The number of nitrogens with zero attached hydrogens (tertiary/aromatic N) is 3. The monoisotopic (exact) mass is 454 g/mol. The maximum absolute atomic E-state index is 14.4. The molecule has 0 saturated carbocycles. The molecule has 0 saturated heterocycles. The SMILES string of the molecule is O=c1cc(F)c(-n2c(SCCc3c(F)cc(F)cc3F)nc3ncsc3c2=O)c[nH]1. The third-order valence-electron chi connectivity index (χ3n) is 4.12. The fourth-order valence-corrected chi connectivity index (χ4v) is 4.37. The van der Waals surface area contributed by atoms with E-state index in [1.165, 1.54) is 5.51 Å². The number of hydrogen-bond acceptors (Lipinski definition) is 6.